The topological polar surface area (TPSA) is 78.8 Å². The Balaban J connectivity index is 1.62. The summed E-state index contributed by atoms with van der Waals surface area (Å²) in [5, 5.41) is 11.1. The van der Waals surface area contributed by atoms with Gasteiger partial charge < -0.3 is 10.6 Å². The lowest BCUT2D eigenvalue weighted by atomic mass is 9.87. The van der Waals surface area contributed by atoms with E-state index in [2.05, 4.69) is 33.9 Å². The van der Waals surface area contributed by atoms with Crippen molar-refractivity contribution < 1.29 is 4.39 Å². The van der Waals surface area contributed by atoms with Crippen molar-refractivity contribution in [3.05, 3.63) is 64.5 Å². The quantitative estimate of drug-likeness (QED) is 0.753. The zero-order valence-electron chi connectivity index (χ0n) is 14.8. The summed E-state index contributed by atoms with van der Waals surface area (Å²) in [4.78, 5) is 11.5. The minimum Gasteiger partial charge on any atom is -0.354 e. The van der Waals surface area contributed by atoms with Crippen molar-refractivity contribution in [2.45, 2.75) is 12.5 Å². The molecule has 0 bridgehead atoms. The third-order valence-electron chi connectivity index (χ3n) is 5.12. The van der Waals surface area contributed by atoms with E-state index in [-0.39, 0.29) is 11.7 Å². The van der Waals surface area contributed by atoms with Crippen LogP contribution in [0.3, 0.4) is 0 Å². The first-order chi connectivity index (χ1) is 13.0. The molecule has 2 N–H and O–H groups in total. The molecule has 7 heteroatoms. The number of hydrogen-bond donors (Lipinski definition) is 1. The number of nitriles is 1. The average Bonchev–Trinajstić information content (AvgIpc) is 3.29. The molecule has 0 amide bonds. The summed E-state index contributed by atoms with van der Waals surface area (Å²) < 4.78 is 13.2. The summed E-state index contributed by atoms with van der Waals surface area (Å²) in [5.41, 5.74) is 8.76. The van der Waals surface area contributed by atoms with Gasteiger partial charge in [-0.1, -0.05) is 6.92 Å². The minimum absolute atomic E-state index is 0.208. The number of pyridine rings is 2. The summed E-state index contributed by atoms with van der Waals surface area (Å²) in [6, 6.07) is 9.14. The molecular weight excluding hydrogens is 361 g/mol. The lowest BCUT2D eigenvalue weighted by Crippen LogP contribution is -2.43. The second-order valence-electron chi connectivity index (χ2n) is 6.93. The number of aromatic nitrogens is 2. The third kappa shape index (κ3) is 3.18. The fourth-order valence-corrected chi connectivity index (χ4v) is 4.61. The first-order valence-corrected chi connectivity index (χ1v) is 9.47. The van der Waals surface area contributed by atoms with Crippen LogP contribution in [0.2, 0.25) is 0 Å². The Morgan fingerprint density at radius 1 is 1.30 bits per heavy atom. The van der Waals surface area contributed by atoms with Gasteiger partial charge in [0, 0.05) is 35.9 Å². The molecule has 27 heavy (non-hydrogen) atoms. The maximum atomic E-state index is 13.2. The fourth-order valence-electron chi connectivity index (χ4n) is 3.47. The van der Waals surface area contributed by atoms with Gasteiger partial charge in [0.2, 0.25) is 0 Å². The highest BCUT2D eigenvalue weighted by Crippen LogP contribution is 2.40. The Hall–Kier alpha value is -2.82. The Labute approximate surface area is 160 Å². The van der Waals surface area contributed by atoms with Crippen LogP contribution in [-0.2, 0) is 5.54 Å². The van der Waals surface area contributed by atoms with E-state index in [1.54, 1.807) is 29.8 Å². The summed E-state index contributed by atoms with van der Waals surface area (Å²) in [5.74, 6) is 0.596. The van der Waals surface area contributed by atoms with Crippen molar-refractivity contribution in [3.8, 4) is 17.2 Å². The first-order valence-electron chi connectivity index (χ1n) is 8.59. The molecule has 0 radical (unpaired) electrons. The Bertz CT molecular complexity index is 1010. The molecule has 4 heterocycles. The van der Waals surface area contributed by atoms with Gasteiger partial charge in [-0.15, -0.1) is 11.3 Å². The molecule has 1 aliphatic heterocycles. The van der Waals surface area contributed by atoms with E-state index >= 15 is 0 Å². The van der Waals surface area contributed by atoms with Crippen LogP contribution >= 0.6 is 11.3 Å². The highest BCUT2D eigenvalue weighted by molar-refractivity contribution is 7.10. The molecule has 3 aromatic heterocycles. The van der Waals surface area contributed by atoms with Crippen molar-refractivity contribution in [1.82, 2.24) is 9.97 Å². The zero-order valence-corrected chi connectivity index (χ0v) is 15.6. The Kier molecular flexibility index (Phi) is 4.38. The monoisotopic (exact) mass is 379 g/mol. The van der Waals surface area contributed by atoms with E-state index in [9.17, 15) is 4.39 Å². The molecule has 2 unspecified atom stereocenters. The average molecular weight is 379 g/mol. The molecule has 136 valence electrons. The predicted octanol–water partition coefficient (Wildman–Crippen LogP) is 3.53. The van der Waals surface area contributed by atoms with E-state index < -0.39 is 5.54 Å². The largest absolute Gasteiger partial charge is 0.354 e. The fraction of sp³-hybridized carbons (Fsp3) is 0.250. The van der Waals surface area contributed by atoms with Crippen LogP contribution in [0.15, 0.2) is 48.2 Å². The molecule has 0 spiro atoms. The van der Waals surface area contributed by atoms with Gasteiger partial charge in [-0.2, -0.15) is 5.26 Å². The van der Waals surface area contributed by atoms with Crippen LogP contribution < -0.4 is 10.6 Å². The van der Waals surface area contributed by atoms with Crippen LogP contribution in [0.5, 0.6) is 0 Å². The van der Waals surface area contributed by atoms with Crippen molar-refractivity contribution in [2.24, 2.45) is 11.7 Å². The van der Waals surface area contributed by atoms with Crippen molar-refractivity contribution >= 4 is 17.2 Å². The first kappa shape index (κ1) is 17.6. The predicted molar refractivity (Wildman–Crippen MR) is 104 cm³/mol. The van der Waals surface area contributed by atoms with Crippen molar-refractivity contribution in [3.63, 3.8) is 0 Å². The molecule has 1 aliphatic rings. The van der Waals surface area contributed by atoms with Crippen molar-refractivity contribution in [1.29, 1.82) is 5.26 Å². The molecule has 0 saturated carbocycles. The maximum Gasteiger partial charge on any atom is 0.141 e. The van der Waals surface area contributed by atoms with E-state index in [4.69, 9.17) is 11.0 Å². The van der Waals surface area contributed by atoms with Gasteiger partial charge in [-0.3, -0.25) is 4.98 Å². The number of rotatable bonds is 3. The second kappa shape index (κ2) is 6.72. The van der Waals surface area contributed by atoms with Crippen LogP contribution in [0.1, 0.15) is 17.4 Å². The molecule has 0 aromatic carbocycles. The van der Waals surface area contributed by atoms with E-state index in [0.717, 1.165) is 28.4 Å². The number of halogens is 1. The molecule has 4 rings (SSSR count). The van der Waals surface area contributed by atoms with Gasteiger partial charge in [0.1, 0.15) is 17.7 Å². The van der Waals surface area contributed by atoms with Crippen LogP contribution in [0, 0.1) is 23.1 Å². The number of anilines is 1. The molecule has 3 aromatic rings. The number of nitrogens with two attached hydrogens (primary N) is 1. The highest BCUT2D eigenvalue weighted by Gasteiger charge is 2.43. The smallest absolute Gasteiger partial charge is 0.141 e. The number of nitrogens with zero attached hydrogens (tertiary/aromatic N) is 4. The zero-order chi connectivity index (χ0) is 19.0. The lowest BCUT2D eigenvalue weighted by molar-refractivity contribution is 0.388. The molecular formula is C20H18FN5S. The Morgan fingerprint density at radius 3 is 2.89 bits per heavy atom. The van der Waals surface area contributed by atoms with Crippen LogP contribution in [0.25, 0.3) is 11.1 Å². The molecule has 1 fully saturated rings. The molecule has 0 aliphatic carbocycles. The molecule has 2 atom stereocenters. The van der Waals surface area contributed by atoms with Crippen LogP contribution in [-0.4, -0.2) is 23.1 Å². The lowest BCUT2D eigenvalue weighted by Gasteiger charge is -2.27. The Morgan fingerprint density at radius 2 is 2.15 bits per heavy atom. The van der Waals surface area contributed by atoms with Crippen LogP contribution in [0.4, 0.5) is 10.2 Å². The third-order valence-corrected chi connectivity index (χ3v) is 6.24. The van der Waals surface area contributed by atoms with Gasteiger partial charge in [-0.25, -0.2) is 9.37 Å². The molecule has 1 saturated heterocycles. The number of hydrogen-bond acceptors (Lipinski definition) is 6. The summed E-state index contributed by atoms with van der Waals surface area (Å²) in [6.45, 7) is 3.50. The normalized spacial score (nSPS) is 22.0. The van der Waals surface area contributed by atoms with E-state index in [1.165, 1.54) is 12.3 Å². The minimum atomic E-state index is -0.515. The summed E-state index contributed by atoms with van der Waals surface area (Å²) in [6.07, 6.45) is 4.53. The highest BCUT2D eigenvalue weighted by atomic mass is 32.1. The van der Waals surface area contributed by atoms with Gasteiger partial charge >= 0.3 is 0 Å². The van der Waals surface area contributed by atoms with Gasteiger partial charge in [0.15, 0.2) is 0 Å². The van der Waals surface area contributed by atoms with E-state index in [1.807, 2.05) is 11.4 Å². The maximum absolute atomic E-state index is 13.2. The molecule has 5 nitrogen and oxygen atoms in total. The van der Waals surface area contributed by atoms with Gasteiger partial charge in [0.25, 0.3) is 0 Å². The SMILES string of the molecule is CC1CN(c2ccc(F)cn2)CC1(N)c1cc(-c2cncc(C#N)c2)cs1. The van der Waals surface area contributed by atoms with Gasteiger partial charge in [-0.05, 0) is 41.1 Å². The standard InChI is InChI=1S/C20H18FN5S/c1-13-10-26(19-3-2-17(21)9-25-19)12-20(13,23)18-5-16(11-27-18)15-4-14(6-22)7-24-8-15/h2-5,7-9,11,13H,10,12,23H2,1H3. The number of thiophene rings is 1. The summed E-state index contributed by atoms with van der Waals surface area (Å²) >= 11 is 1.61. The van der Waals surface area contributed by atoms with Crippen molar-refractivity contribution in [2.75, 3.05) is 18.0 Å². The van der Waals surface area contributed by atoms with E-state index in [0.29, 0.717) is 12.1 Å². The second-order valence-corrected chi connectivity index (χ2v) is 7.84. The van der Waals surface area contributed by atoms with Gasteiger partial charge in [0.05, 0.1) is 17.3 Å². The summed E-state index contributed by atoms with van der Waals surface area (Å²) in [7, 11) is 0.